The molecule has 0 radical (unpaired) electrons. The van der Waals surface area contributed by atoms with Crippen LogP contribution in [0.5, 0.6) is 0 Å². The van der Waals surface area contributed by atoms with Gasteiger partial charge in [-0.2, -0.15) is 0 Å². The van der Waals surface area contributed by atoms with Crippen molar-refractivity contribution in [3.8, 4) is 10.6 Å². The summed E-state index contributed by atoms with van der Waals surface area (Å²) in [6, 6.07) is 15.5. The molecule has 0 unspecified atom stereocenters. The van der Waals surface area contributed by atoms with Gasteiger partial charge < -0.3 is 15.4 Å². The molecule has 2 amide bonds. The number of amides is 2. The standard InChI is InChI=1S/C18H19N3O2S/c1-2-23-12-11-19-18(22)21-14-8-4-3-7-13(14)17-20-15-9-5-6-10-16(15)24-17/h3-10H,2,11-12H2,1H3,(H2,19,21,22). The van der Waals surface area contributed by atoms with Crippen LogP contribution in [0.1, 0.15) is 6.92 Å². The Labute approximate surface area is 144 Å². The van der Waals surface area contributed by atoms with E-state index in [1.165, 1.54) is 0 Å². The van der Waals surface area contributed by atoms with Gasteiger partial charge >= 0.3 is 6.03 Å². The summed E-state index contributed by atoms with van der Waals surface area (Å²) in [4.78, 5) is 16.7. The number of urea groups is 1. The fourth-order valence-electron chi connectivity index (χ4n) is 2.31. The SMILES string of the molecule is CCOCCNC(=O)Nc1ccccc1-c1nc2ccccc2s1. The van der Waals surface area contributed by atoms with Crippen molar-refractivity contribution in [3.63, 3.8) is 0 Å². The lowest BCUT2D eigenvalue weighted by atomic mass is 10.2. The lowest BCUT2D eigenvalue weighted by Gasteiger charge is -2.10. The van der Waals surface area contributed by atoms with Gasteiger partial charge in [-0.3, -0.25) is 0 Å². The predicted molar refractivity (Wildman–Crippen MR) is 98.6 cm³/mol. The first-order valence-electron chi connectivity index (χ1n) is 7.85. The molecule has 6 heteroatoms. The van der Waals surface area contributed by atoms with Gasteiger partial charge in [-0.05, 0) is 31.2 Å². The molecule has 124 valence electrons. The molecule has 0 atom stereocenters. The van der Waals surface area contributed by atoms with Gasteiger partial charge in [-0.25, -0.2) is 9.78 Å². The van der Waals surface area contributed by atoms with Crippen LogP contribution in [0.3, 0.4) is 0 Å². The minimum Gasteiger partial charge on any atom is -0.380 e. The van der Waals surface area contributed by atoms with E-state index in [-0.39, 0.29) is 6.03 Å². The van der Waals surface area contributed by atoms with Crippen LogP contribution in [0, 0.1) is 0 Å². The summed E-state index contributed by atoms with van der Waals surface area (Å²) in [5, 5.41) is 6.56. The summed E-state index contributed by atoms with van der Waals surface area (Å²) in [5.74, 6) is 0. The number of rotatable bonds is 6. The van der Waals surface area contributed by atoms with Crippen molar-refractivity contribution in [1.82, 2.24) is 10.3 Å². The number of ether oxygens (including phenoxy) is 1. The molecule has 3 rings (SSSR count). The number of benzene rings is 2. The quantitative estimate of drug-likeness (QED) is 0.663. The summed E-state index contributed by atoms with van der Waals surface area (Å²) in [6.07, 6.45) is 0. The number of thiazole rings is 1. The number of hydrogen-bond acceptors (Lipinski definition) is 4. The van der Waals surface area contributed by atoms with E-state index in [1.807, 2.05) is 55.5 Å². The molecule has 0 spiro atoms. The maximum Gasteiger partial charge on any atom is 0.319 e. The van der Waals surface area contributed by atoms with E-state index in [2.05, 4.69) is 15.6 Å². The van der Waals surface area contributed by atoms with Crippen LogP contribution in [-0.2, 0) is 4.74 Å². The van der Waals surface area contributed by atoms with E-state index < -0.39 is 0 Å². The molecule has 0 aliphatic heterocycles. The van der Waals surface area contributed by atoms with E-state index in [4.69, 9.17) is 4.74 Å². The van der Waals surface area contributed by atoms with Gasteiger partial charge in [0.05, 0.1) is 22.5 Å². The summed E-state index contributed by atoms with van der Waals surface area (Å²) in [5.41, 5.74) is 2.62. The molecule has 1 heterocycles. The number of aromatic nitrogens is 1. The fourth-order valence-corrected chi connectivity index (χ4v) is 3.32. The topological polar surface area (TPSA) is 63.2 Å². The smallest absolute Gasteiger partial charge is 0.319 e. The molecule has 0 bridgehead atoms. The predicted octanol–water partition coefficient (Wildman–Crippen LogP) is 4.12. The Kier molecular flexibility index (Phi) is 5.40. The largest absolute Gasteiger partial charge is 0.380 e. The average Bonchev–Trinajstić information content (AvgIpc) is 3.03. The van der Waals surface area contributed by atoms with Crippen molar-refractivity contribution in [2.45, 2.75) is 6.92 Å². The molecular formula is C18H19N3O2S. The summed E-state index contributed by atoms with van der Waals surface area (Å²) >= 11 is 1.61. The van der Waals surface area contributed by atoms with Gasteiger partial charge in [0.25, 0.3) is 0 Å². The van der Waals surface area contributed by atoms with E-state index in [9.17, 15) is 4.79 Å². The first kappa shape index (κ1) is 16.4. The molecule has 0 fully saturated rings. The summed E-state index contributed by atoms with van der Waals surface area (Å²) in [6.45, 7) is 3.55. The van der Waals surface area contributed by atoms with Gasteiger partial charge in [-0.1, -0.05) is 24.3 Å². The number of para-hydroxylation sites is 2. The van der Waals surface area contributed by atoms with Crippen LogP contribution < -0.4 is 10.6 Å². The van der Waals surface area contributed by atoms with Crippen molar-refractivity contribution >= 4 is 33.3 Å². The zero-order valence-corrected chi connectivity index (χ0v) is 14.2. The molecular weight excluding hydrogens is 322 g/mol. The normalized spacial score (nSPS) is 10.7. The monoisotopic (exact) mass is 341 g/mol. The number of carbonyl (C=O) groups excluding carboxylic acids is 1. The maximum atomic E-state index is 12.0. The number of fused-ring (bicyclic) bond motifs is 1. The highest BCUT2D eigenvalue weighted by Crippen LogP contribution is 2.34. The highest BCUT2D eigenvalue weighted by Gasteiger charge is 2.12. The highest BCUT2D eigenvalue weighted by atomic mass is 32.1. The molecule has 1 aromatic heterocycles. The maximum absolute atomic E-state index is 12.0. The number of carbonyl (C=O) groups is 1. The van der Waals surface area contributed by atoms with E-state index >= 15 is 0 Å². The van der Waals surface area contributed by atoms with Gasteiger partial charge in [0.1, 0.15) is 5.01 Å². The van der Waals surface area contributed by atoms with E-state index in [1.54, 1.807) is 11.3 Å². The molecule has 2 N–H and O–H groups in total. The lowest BCUT2D eigenvalue weighted by Crippen LogP contribution is -2.31. The van der Waals surface area contributed by atoms with Crippen LogP contribution in [0.15, 0.2) is 48.5 Å². The van der Waals surface area contributed by atoms with Crippen molar-refractivity contribution < 1.29 is 9.53 Å². The lowest BCUT2D eigenvalue weighted by molar-refractivity contribution is 0.150. The molecule has 0 aliphatic rings. The number of hydrogen-bond donors (Lipinski definition) is 2. The molecule has 0 saturated heterocycles. The second kappa shape index (κ2) is 7.90. The van der Waals surface area contributed by atoms with E-state index in [0.29, 0.717) is 19.8 Å². The van der Waals surface area contributed by atoms with Gasteiger partial charge in [0, 0.05) is 18.7 Å². The Morgan fingerprint density at radius 1 is 1.17 bits per heavy atom. The van der Waals surface area contributed by atoms with Crippen molar-refractivity contribution in [2.24, 2.45) is 0 Å². The Hall–Kier alpha value is -2.44. The van der Waals surface area contributed by atoms with Gasteiger partial charge in [0.2, 0.25) is 0 Å². The van der Waals surface area contributed by atoms with Crippen LogP contribution in [0.4, 0.5) is 10.5 Å². The average molecular weight is 341 g/mol. The van der Waals surface area contributed by atoms with Crippen LogP contribution in [0.2, 0.25) is 0 Å². The second-order valence-electron chi connectivity index (χ2n) is 5.11. The molecule has 2 aromatic carbocycles. The van der Waals surface area contributed by atoms with Crippen LogP contribution >= 0.6 is 11.3 Å². The van der Waals surface area contributed by atoms with Gasteiger partial charge in [-0.15, -0.1) is 11.3 Å². The zero-order valence-electron chi connectivity index (χ0n) is 13.4. The Balaban J connectivity index is 1.76. The molecule has 3 aromatic rings. The first-order chi connectivity index (χ1) is 11.8. The second-order valence-corrected chi connectivity index (χ2v) is 6.14. The molecule has 5 nitrogen and oxygen atoms in total. The number of nitrogens with zero attached hydrogens (tertiary/aromatic N) is 1. The third-order valence-electron chi connectivity index (χ3n) is 3.44. The number of anilines is 1. The number of nitrogens with one attached hydrogen (secondary N) is 2. The Morgan fingerprint density at radius 3 is 2.79 bits per heavy atom. The third-order valence-corrected chi connectivity index (χ3v) is 4.51. The molecule has 0 saturated carbocycles. The minimum absolute atomic E-state index is 0.247. The minimum atomic E-state index is -0.247. The zero-order chi connectivity index (χ0) is 16.8. The molecule has 24 heavy (non-hydrogen) atoms. The van der Waals surface area contributed by atoms with Crippen LogP contribution in [0.25, 0.3) is 20.8 Å². The van der Waals surface area contributed by atoms with Crippen molar-refractivity contribution in [3.05, 3.63) is 48.5 Å². The Morgan fingerprint density at radius 2 is 1.96 bits per heavy atom. The highest BCUT2D eigenvalue weighted by molar-refractivity contribution is 7.21. The van der Waals surface area contributed by atoms with Crippen molar-refractivity contribution in [1.29, 1.82) is 0 Å². The summed E-state index contributed by atoms with van der Waals surface area (Å²) in [7, 11) is 0. The van der Waals surface area contributed by atoms with E-state index in [0.717, 1.165) is 26.5 Å². The molecule has 0 aliphatic carbocycles. The Bertz CT molecular complexity index is 799. The summed E-state index contributed by atoms with van der Waals surface area (Å²) < 4.78 is 6.34. The van der Waals surface area contributed by atoms with Crippen LogP contribution in [-0.4, -0.2) is 30.8 Å². The van der Waals surface area contributed by atoms with Gasteiger partial charge in [0.15, 0.2) is 0 Å². The first-order valence-corrected chi connectivity index (χ1v) is 8.67. The van der Waals surface area contributed by atoms with Crippen molar-refractivity contribution in [2.75, 3.05) is 25.1 Å². The fraction of sp³-hybridized carbons (Fsp3) is 0.222. The third kappa shape index (κ3) is 3.90.